The van der Waals surface area contributed by atoms with Gasteiger partial charge in [-0.2, -0.15) is 0 Å². The number of Topliss-reactive ketones (excluding diaryl/α,β-unsaturated/α-hetero) is 1. The van der Waals surface area contributed by atoms with Crippen molar-refractivity contribution in [3.63, 3.8) is 0 Å². The molecule has 1 aliphatic carbocycles. The van der Waals surface area contributed by atoms with Gasteiger partial charge in [0.15, 0.2) is 0 Å². The zero-order valence-corrected chi connectivity index (χ0v) is 15.0. The largest absolute Gasteiger partial charge is 0.481 e. The van der Waals surface area contributed by atoms with Gasteiger partial charge in [0, 0.05) is 24.8 Å². The lowest BCUT2D eigenvalue weighted by molar-refractivity contribution is -0.137. The lowest BCUT2D eigenvalue weighted by Gasteiger charge is -2.18. The van der Waals surface area contributed by atoms with Crippen molar-refractivity contribution in [3.8, 4) is 0 Å². The van der Waals surface area contributed by atoms with Crippen molar-refractivity contribution in [2.45, 2.75) is 49.5 Å². The molecule has 8 heteroatoms. The van der Waals surface area contributed by atoms with E-state index in [1.165, 1.54) is 12.1 Å². The summed E-state index contributed by atoms with van der Waals surface area (Å²) in [6.07, 6.45) is 5.97. The summed E-state index contributed by atoms with van der Waals surface area (Å²) in [4.78, 5) is 22.5. The van der Waals surface area contributed by atoms with E-state index in [0.717, 1.165) is 12.1 Å². The lowest BCUT2D eigenvalue weighted by atomic mass is 9.99. The Morgan fingerprint density at radius 1 is 1.27 bits per heavy atom. The number of carboxylic acid groups (broad SMARTS) is 1. The van der Waals surface area contributed by atoms with Crippen molar-refractivity contribution in [1.82, 2.24) is 4.72 Å². The maximum atomic E-state index is 13.0. The molecule has 1 fully saturated rings. The van der Waals surface area contributed by atoms with E-state index in [0.29, 0.717) is 32.1 Å². The fraction of sp³-hybridized carbons (Fsp3) is 0.444. The summed E-state index contributed by atoms with van der Waals surface area (Å²) in [5.74, 6) is -1.81. The summed E-state index contributed by atoms with van der Waals surface area (Å²) < 4.78 is 40.3. The van der Waals surface area contributed by atoms with E-state index in [9.17, 15) is 22.4 Å². The molecule has 0 unspecified atom stereocenters. The Bertz CT molecular complexity index is 773. The van der Waals surface area contributed by atoms with Crippen LogP contribution in [0.25, 0.3) is 0 Å². The predicted octanol–water partition coefficient (Wildman–Crippen LogP) is 2.65. The molecule has 2 N–H and O–H groups in total. The highest BCUT2D eigenvalue weighted by Crippen LogP contribution is 2.27. The molecule has 1 aromatic rings. The number of ketones is 1. The number of carboxylic acids is 1. The van der Waals surface area contributed by atoms with E-state index in [1.54, 1.807) is 6.08 Å². The number of benzene rings is 1. The summed E-state index contributed by atoms with van der Waals surface area (Å²) in [5.41, 5.74) is 0. The summed E-state index contributed by atoms with van der Waals surface area (Å²) in [6.45, 7) is 0. The van der Waals surface area contributed by atoms with Gasteiger partial charge in [0.05, 0.1) is 4.90 Å². The highest BCUT2D eigenvalue weighted by molar-refractivity contribution is 7.89. The molecule has 0 heterocycles. The Balaban J connectivity index is 1.95. The van der Waals surface area contributed by atoms with Crippen LogP contribution in [-0.2, 0) is 19.6 Å². The number of carbonyl (C=O) groups is 2. The average Bonchev–Trinajstić information content (AvgIpc) is 2.90. The SMILES string of the molecule is O=C(O)CCC/C=C\C[C@H]1C(=O)CC[C@@H]1NS(=O)(=O)c1ccc(F)cc1. The molecule has 0 saturated heterocycles. The Hall–Kier alpha value is -2.06. The fourth-order valence-electron chi connectivity index (χ4n) is 2.96. The minimum Gasteiger partial charge on any atom is -0.481 e. The number of aliphatic carboxylic acids is 1. The fourth-order valence-corrected chi connectivity index (χ4v) is 4.27. The average molecular weight is 383 g/mol. The topological polar surface area (TPSA) is 101 Å². The van der Waals surface area contributed by atoms with Gasteiger partial charge >= 0.3 is 5.97 Å². The van der Waals surface area contributed by atoms with Crippen LogP contribution in [0.4, 0.5) is 4.39 Å². The van der Waals surface area contributed by atoms with Crippen LogP contribution in [0.3, 0.4) is 0 Å². The monoisotopic (exact) mass is 383 g/mol. The summed E-state index contributed by atoms with van der Waals surface area (Å²) in [6, 6.07) is 4.02. The van der Waals surface area contributed by atoms with Crippen molar-refractivity contribution in [3.05, 3.63) is 42.2 Å². The quantitative estimate of drug-likeness (QED) is 0.504. The minimum atomic E-state index is -3.82. The van der Waals surface area contributed by atoms with Gasteiger partial charge < -0.3 is 5.11 Å². The third-order valence-corrected chi connectivity index (χ3v) is 5.86. The van der Waals surface area contributed by atoms with Crippen LogP contribution in [0.5, 0.6) is 0 Å². The van der Waals surface area contributed by atoms with E-state index in [4.69, 9.17) is 5.11 Å². The van der Waals surface area contributed by atoms with Crippen molar-refractivity contribution in [2.24, 2.45) is 5.92 Å². The highest BCUT2D eigenvalue weighted by Gasteiger charge is 2.36. The first-order chi connectivity index (χ1) is 12.3. The molecule has 0 spiro atoms. The van der Waals surface area contributed by atoms with Crippen LogP contribution in [-0.4, -0.2) is 31.3 Å². The first-order valence-corrected chi connectivity index (χ1v) is 9.95. The molecule has 2 rings (SSSR count). The van der Waals surface area contributed by atoms with Gasteiger partial charge in [-0.05, 0) is 49.9 Å². The molecule has 2 atom stereocenters. The summed E-state index contributed by atoms with van der Waals surface area (Å²) in [5, 5.41) is 8.57. The van der Waals surface area contributed by atoms with Gasteiger partial charge in [0.2, 0.25) is 10.0 Å². The zero-order chi connectivity index (χ0) is 19.2. The molecule has 1 saturated carbocycles. The second-order valence-corrected chi connectivity index (χ2v) is 8.00. The molecule has 0 bridgehead atoms. The van der Waals surface area contributed by atoms with Gasteiger partial charge in [0.1, 0.15) is 11.6 Å². The molecule has 0 aromatic heterocycles. The van der Waals surface area contributed by atoms with E-state index in [1.807, 2.05) is 6.08 Å². The molecule has 0 radical (unpaired) electrons. The number of unbranched alkanes of at least 4 members (excludes halogenated alkanes) is 1. The third-order valence-electron chi connectivity index (χ3n) is 4.35. The maximum absolute atomic E-state index is 13.0. The van der Waals surface area contributed by atoms with Gasteiger partial charge in [-0.1, -0.05) is 12.2 Å². The zero-order valence-electron chi connectivity index (χ0n) is 14.2. The van der Waals surface area contributed by atoms with Crippen LogP contribution in [0, 0.1) is 11.7 Å². The van der Waals surface area contributed by atoms with E-state index in [2.05, 4.69) is 4.72 Å². The Kier molecular flexibility index (Phi) is 7.05. The van der Waals surface area contributed by atoms with E-state index in [-0.39, 0.29) is 17.1 Å². The maximum Gasteiger partial charge on any atom is 0.303 e. The Morgan fingerprint density at radius 3 is 2.62 bits per heavy atom. The number of hydrogen-bond acceptors (Lipinski definition) is 4. The second-order valence-electron chi connectivity index (χ2n) is 6.29. The van der Waals surface area contributed by atoms with Crippen LogP contribution in [0.15, 0.2) is 41.3 Å². The van der Waals surface area contributed by atoms with E-state index >= 15 is 0 Å². The predicted molar refractivity (Wildman–Crippen MR) is 93.5 cm³/mol. The number of hydrogen-bond donors (Lipinski definition) is 2. The van der Waals surface area contributed by atoms with Crippen molar-refractivity contribution < 1.29 is 27.5 Å². The van der Waals surface area contributed by atoms with Gasteiger partial charge in [-0.25, -0.2) is 17.5 Å². The standard InChI is InChI=1S/C18H22FNO5S/c19-13-7-9-14(10-8-13)26(24,25)20-16-11-12-17(21)15(16)5-3-1-2-4-6-18(22)23/h1,3,7-10,15-16,20H,2,4-6,11-12H2,(H,22,23)/b3-1-/t15-,16+/m1/s1. The Morgan fingerprint density at radius 2 is 1.96 bits per heavy atom. The summed E-state index contributed by atoms with van der Waals surface area (Å²) in [7, 11) is -3.82. The number of allylic oxidation sites excluding steroid dienone is 2. The molecule has 1 aliphatic rings. The van der Waals surface area contributed by atoms with Gasteiger partial charge in [-0.15, -0.1) is 0 Å². The second kappa shape index (κ2) is 9.05. The molecule has 1 aromatic carbocycles. The molecule has 0 aliphatic heterocycles. The molecular weight excluding hydrogens is 361 g/mol. The number of halogens is 1. The van der Waals surface area contributed by atoms with Crippen molar-refractivity contribution in [2.75, 3.05) is 0 Å². The number of carbonyl (C=O) groups excluding carboxylic acids is 1. The van der Waals surface area contributed by atoms with Crippen LogP contribution in [0.1, 0.15) is 38.5 Å². The first kappa shape index (κ1) is 20.3. The smallest absolute Gasteiger partial charge is 0.303 e. The molecule has 6 nitrogen and oxygen atoms in total. The lowest BCUT2D eigenvalue weighted by Crippen LogP contribution is -2.38. The third kappa shape index (κ3) is 5.74. The molecule has 26 heavy (non-hydrogen) atoms. The molecule has 0 amide bonds. The first-order valence-electron chi connectivity index (χ1n) is 8.47. The number of rotatable bonds is 9. The van der Waals surface area contributed by atoms with Crippen molar-refractivity contribution in [1.29, 1.82) is 0 Å². The van der Waals surface area contributed by atoms with Crippen LogP contribution < -0.4 is 4.72 Å². The summed E-state index contributed by atoms with van der Waals surface area (Å²) >= 11 is 0. The molecular formula is C18H22FNO5S. The van der Waals surface area contributed by atoms with Gasteiger partial charge in [-0.3, -0.25) is 9.59 Å². The normalized spacial score (nSPS) is 20.7. The van der Waals surface area contributed by atoms with Crippen LogP contribution >= 0.6 is 0 Å². The Labute approximate surface area is 152 Å². The van der Waals surface area contributed by atoms with Crippen molar-refractivity contribution >= 4 is 21.8 Å². The van der Waals surface area contributed by atoms with E-state index < -0.39 is 33.8 Å². The van der Waals surface area contributed by atoms with Gasteiger partial charge in [0.25, 0.3) is 0 Å². The highest BCUT2D eigenvalue weighted by atomic mass is 32.2. The minimum absolute atomic E-state index is 0.00647. The molecule has 142 valence electrons. The van der Waals surface area contributed by atoms with Crippen LogP contribution in [0.2, 0.25) is 0 Å². The number of sulfonamides is 1. The number of nitrogens with one attached hydrogen (secondary N) is 1.